The van der Waals surface area contributed by atoms with Crippen LogP contribution in [0.2, 0.25) is 5.02 Å². The van der Waals surface area contributed by atoms with Gasteiger partial charge in [-0.15, -0.1) is 0 Å². The summed E-state index contributed by atoms with van der Waals surface area (Å²) in [4.78, 5) is 0. The van der Waals surface area contributed by atoms with Crippen molar-refractivity contribution in [2.24, 2.45) is 0 Å². The van der Waals surface area contributed by atoms with Crippen LogP contribution in [0.15, 0.2) is 36.4 Å². The van der Waals surface area contributed by atoms with Gasteiger partial charge in [0.1, 0.15) is 17.6 Å². The zero-order valence-corrected chi connectivity index (χ0v) is 10.6. The number of rotatable bonds is 3. The second kappa shape index (κ2) is 5.59. The lowest BCUT2D eigenvalue weighted by Gasteiger charge is -2.11. The molecule has 0 bridgehead atoms. The Hall–Kier alpha value is -2.25. The molecule has 0 aromatic heterocycles. The van der Waals surface area contributed by atoms with Gasteiger partial charge in [-0.3, -0.25) is 0 Å². The second-order valence-corrected chi connectivity index (χ2v) is 4.30. The van der Waals surface area contributed by atoms with Crippen molar-refractivity contribution < 1.29 is 9.50 Å². The largest absolute Gasteiger partial charge is 0.508 e. The Balaban J connectivity index is 2.22. The van der Waals surface area contributed by atoms with Gasteiger partial charge in [0.15, 0.2) is 0 Å². The number of nitrogens with zero attached hydrogens (tertiary/aromatic N) is 1. The maximum atomic E-state index is 13.0. The van der Waals surface area contributed by atoms with Gasteiger partial charge in [0.25, 0.3) is 0 Å². The zero-order chi connectivity index (χ0) is 13.8. The first kappa shape index (κ1) is 13.2. The van der Waals surface area contributed by atoms with Crippen molar-refractivity contribution in [3.05, 3.63) is 58.4 Å². The minimum atomic E-state index is -0.470. The average Bonchev–Trinajstić information content (AvgIpc) is 2.39. The van der Waals surface area contributed by atoms with E-state index in [1.807, 2.05) is 6.07 Å². The van der Waals surface area contributed by atoms with E-state index in [-0.39, 0.29) is 17.9 Å². The third-order valence-corrected chi connectivity index (χ3v) is 3.01. The lowest BCUT2D eigenvalue weighted by molar-refractivity contribution is 0.469. The van der Waals surface area contributed by atoms with Gasteiger partial charge in [0, 0.05) is 17.1 Å². The van der Waals surface area contributed by atoms with E-state index in [0.717, 1.165) is 6.07 Å². The molecule has 3 nitrogen and oxygen atoms in total. The average molecular weight is 277 g/mol. The number of phenols is 1. The lowest BCUT2D eigenvalue weighted by Crippen LogP contribution is -2.02. The molecule has 2 rings (SSSR count). The van der Waals surface area contributed by atoms with E-state index in [9.17, 15) is 9.50 Å². The smallest absolute Gasteiger partial charge is 0.124 e. The van der Waals surface area contributed by atoms with E-state index in [1.54, 1.807) is 12.1 Å². The standard InChI is InChI=1S/C14H10ClFN2O/c15-12-2-1-3-14(19)11(12)8-18-13-5-4-10(16)6-9(13)7-17/h1-6,18-19H,8H2. The van der Waals surface area contributed by atoms with E-state index < -0.39 is 5.82 Å². The van der Waals surface area contributed by atoms with Gasteiger partial charge in [0.05, 0.1) is 11.3 Å². The van der Waals surface area contributed by atoms with E-state index in [0.29, 0.717) is 16.3 Å². The number of hydrogen-bond donors (Lipinski definition) is 2. The van der Waals surface area contributed by atoms with E-state index in [2.05, 4.69) is 5.32 Å². The number of benzene rings is 2. The Morgan fingerprint density at radius 3 is 2.79 bits per heavy atom. The van der Waals surface area contributed by atoms with E-state index >= 15 is 0 Å². The van der Waals surface area contributed by atoms with E-state index in [4.69, 9.17) is 16.9 Å². The molecule has 0 aliphatic heterocycles. The summed E-state index contributed by atoms with van der Waals surface area (Å²) in [6.45, 7) is 0.242. The van der Waals surface area contributed by atoms with Crippen LogP contribution in [0.25, 0.3) is 0 Å². The summed E-state index contributed by atoms with van der Waals surface area (Å²) < 4.78 is 13.0. The Morgan fingerprint density at radius 1 is 1.32 bits per heavy atom. The Labute approximate surface area is 114 Å². The minimum absolute atomic E-state index is 0.0700. The highest BCUT2D eigenvalue weighted by atomic mass is 35.5. The topological polar surface area (TPSA) is 56.0 Å². The highest BCUT2D eigenvalue weighted by Gasteiger charge is 2.08. The van der Waals surface area contributed by atoms with Gasteiger partial charge < -0.3 is 10.4 Å². The third-order valence-electron chi connectivity index (χ3n) is 2.65. The van der Waals surface area contributed by atoms with Crippen molar-refractivity contribution in [1.29, 1.82) is 5.26 Å². The summed E-state index contributed by atoms with van der Waals surface area (Å²) in [6.07, 6.45) is 0. The van der Waals surface area contributed by atoms with Crippen LogP contribution in [0.3, 0.4) is 0 Å². The van der Waals surface area contributed by atoms with Crippen LogP contribution in [0.1, 0.15) is 11.1 Å². The van der Waals surface area contributed by atoms with E-state index in [1.165, 1.54) is 18.2 Å². The molecule has 5 heteroatoms. The van der Waals surface area contributed by atoms with Crippen molar-refractivity contribution in [3.63, 3.8) is 0 Å². The second-order valence-electron chi connectivity index (χ2n) is 3.89. The quantitative estimate of drug-likeness (QED) is 0.899. The molecular formula is C14H10ClFN2O. The maximum Gasteiger partial charge on any atom is 0.124 e. The number of anilines is 1. The van der Waals surface area contributed by atoms with Crippen molar-refractivity contribution in [2.45, 2.75) is 6.54 Å². The Morgan fingerprint density at radius 2 is 2.11 bits per heavy atom. The molecule has 2 aromatic carbocycles. The van der Waals surface area contributed by atoms with Gasteiger partial charge in [-0.2, -0.15) is 5.26 Å². The molecule has 0 saturated heterocycles. The van der Waals surface area contributed by atoms with Gasteiger partial charge >= 0.3 is 0 Å². The molecule has 0 aliphatic rings. The van der Waals surface area contributed by atoms with Crippen LogP contribution in [0.4, 0.5) is 10.1 Å². The molecule has 0 heterocycles. The number of aromatic hydroxyl groups is 1. The molecule has 96 valence electrons. The first-order valence-corrected chi connectivity index (χ1v) is 5.89. The summed E-state index contributed by atoms with van der Waals surface area (Å²) in [5.74, 6) is -0.400. The van der Waals surface area contributed by atoms with Crippen molar-refractivity contribution in [3.8, 4) is 11.8 Å². The fraction of sp³-hybridized carbons (Fsp3) is 0.0714. The van der Waals surface area contributed by atoms with Crippen LogP contribution >= 0.6 is 11.6 Å². The molecule has 19 heavy (non-hydrogen) atoms. The van der Waals surface area contributed by atoms with Crippen LogP contribution in [-0.2, 0) is 6.54 Å². The Kier molecular flexibility index (Phi) is 3.88. The monoisotopic (exact) mass is 276 g/mol. The normalized spacial score (nSPS) is 9.95. The molecule has 2 N–H and O–H groups in total. The maximum absolute atomic E-state index is 13.0. The Bertz CT molecular complexity index is 632. The highest BCUT2D eigenvalue weighted by Crippen LogP contribution is 2.26. The summed E-state index contributed by atoms with van der Waals surface area (Å²) >= 11 is 5.97. The van der Waals surface area contributed by atoms with Crippen LogP contribution in [-0.4, -0.2) is 5.11 Å². The number of halogens is 2. The predicted molar refractivity (Wildman–Crippen MR) is 71.6 cm³/mol. The van der Waals surface area contributed by atoms with Crippen molar-refractivity contribution in [2.75, 3.05) is 5.32 Å². The van der Waals surface area contributed by atoms with Gasteiger partial charge in [-0.05, 0) is 30.3 Å². The first-order chi connectivity index (χ1) is 9.11. The fourth-order valence-corrected chi connectivity index (χ4v) is 1.91. The predicted octanol–water partition coefficient (Wildman–Crippen LogP) is 3.67. The molecule has 0 radical (unpaired) electrons. The first-order valence-electron chi connectivity index (χ1n) is 5.51. The molecular weight excluding hydrogens is 267 g/mol. The SMILES string of the molecule is N#Cc1cc(F)ccc1NCc1c(O)cccc1Cl. The molecule has 0 saturated carbocycles. The number of phenolic OH excluding ortho intramolecular Hbond substituents is 1. The van der Waals surface area contributed by atoms with Crippen LogP contribution in [0, 0.1) is 17.1 Å². The summed E-state index contributed by atoms with van der Waals surface area (Å²) in [5, 5.41) is 22.0. The number of hydrogen-bond acceptors (Lipinski definition) is 3. The zero-order valence-electron chi connectivity index (χ0n) is 9.82. The molecule has 2 aromatic rings. The third kappa shape index (κ3) is 2.95. The number of nitrogens with one attached hydrogen (secondary N) is 1. The molecule has 0 atom stereocenters. The van der Waals surface area contributed by atoms with Gasteiger partial charge in [-0.25, -0.2) is 4.39 Å². The molecule has 0 aliphatic carbocycles. The summed E-state index contributed by atoms with van der Waals surface area (Å²) in [5.41, 5.74) is 1.21. The van der Waals surface area contributed by atoms with Crippen molar-refractivity contribution in [1.82, 2.24) is 0 Å². The molecule has 0 fully saturated rings. The highest BCUT2D eigenvalue weighted by molar-refractivity contribution is 6.31. The summed E-state index contributed by atoms with van der Waals surface area (Å²) in [7, 11) is 0. The minimum Gasteiger partial charge on any atom is -0.508 e. The summed E-state index contributed by atoms with van der Waals surface area (Å²) in [6, 6.07) is 10.6. The molecule has 0 spiro atoms. The number of nitriles is 1. The molecule has 0 unspecified atom stereocenters. The molecule has 0 amide bonds. The van der Waals surface area contributed by atoms with Crippen LogP contribution < -0.4 is 5.32 Å². The van der Waals surface area contributed by atoms with Crippen molar-refractivity contribution >= 4 is 17.3 Å². The fourth-order valence-electron chi connectivity index (χ4n) is 1.67. The lowest BCUT2D eigenvalue weighted by atomic mass is 10.1. The van der Waals surface area contributed by atoms with Crippen LogP contribution in [0.5, 0.6) is 5.75 Å². The van der Waals surface area contributed by atoms with Gasteiger partial charge in [-0.1, -0.05) is 17.7 Å². The van der Waals surface area contributed by atoms with Gasteiger partial charge in [0.2, 0.25) is 0 Å².